The molecule has 162 valence electrons. The van der Waals surface area contributed by atoms with Crippen LogP contribution in [0.3, 0.4) is 0 Å². The van der Waals surface area contributed by atoms with E-state index in [0.717, 1.165) is 16.3 Å². The van der Waals surface area contributed by atoms with Gasteiger partial charge in [0.1, 0.15) is 5.76 Å². The van der Waals surface area contributed by atoms with Crippen LogP contribution in [0.4, 0.5) is 5.69 Å². The molecular weight excluding hydrogens is 457 g/mol. The standard InChI is InChI=1S/C27H17Cl2NO3/c28-18-9-3-8-17(14-18)25(31)23-24(22-13-4-7-16-6-1-2-12-21(16)22)30(27(33)26(23)32)20-11-5-10-19(29)15-20/h1-15,24,31H/b25-23-. The first-order valence-corrected chi connectivity index (χ1v) is 11.0. The summed E-state index contributed by atoms with van der Waals surface area (Å²) in [5.74, 6) is -1.79. The van der Waals surface area contributed by atoms with Crippen molar-refractivity contribution >= 4 is 57.1 Å². The Kier molecular flexibility index (Phi) is 5.41. The van der Waals surface area contributed by atoms with Gasteiger partial charge in [0.05, 0.1) is 11.6 Å². The fourth-order valence-electron chi connectivity index (χ4n) is 4.30. The number of fused-ring (bicyclic) bond motifs is 1. The molecule has 0 spiro atoms. The summed E-state index contributed by atoms with van der Waals surface area (Å²) in [7, 11) is 0. The molecule has 1 aliphatic heterocycles. The molecule has 0 bridgehead atoms. The molecule has 0 aliphatic carbocycles. The average molecular weight is 474 g/mol. The van der Waals surface area contributed by atoms with Gasteiger partial charge in [-0.25, -0.2) is 0 Å². The second-order valence-corrected chi connectivity index (χ2v) is 8.60. The molecule has 1 fully saturated rings. The predicted molar refractivity (Wildman–Crippen MR) is 132 cm³/mol. The number of nitrogens with zero attached hydrogens (tertiary/aromatic N) is 1. The van der Waals surface area contributed by atoms with Gasteiger partial charge in [0, 0.05) is 21.3 Å². The van der Waals surface area contributed by atoms with Crippen LogP contribution in [0.5, 0.6) is 0 Å². The van der Waals surface area contributed by atoms with Gasteiger partial charge in [0.15, 0.2) is 0 Å². The lowest BCUT2D eigenvalue weighted by Crippen LogP contribution is -2.29. The highest BCUT2D eigenvalue weighted by Crippen LogP contribution is 2.44. The maximum Gasteiger partial charge on any atom is 0.300 e. The van der Waals surface area contributed by atoms with Crippen LogP contribution in [0.25, 0.3) is 16.5 Å². The van der Waals surface area contributed by atoms with Crippen molar-refractivity contribution in [3.63, 3.8) is 0 Å². The predicted octanol–water partition coefficient (Wildman–Crippen LogP) is 6.77. The molecule has 33 heavy (non-hydrogen) atoms. The molecular formula is C27H17Cl2NO3. The molecule has 4 aromatic carbocycles. The third kappa shape index (κ3) is 3.67. The van der Waals surface area contributed by atoms with Crippen LogP contribution < -0.4 is 4.90 Å². The van der Waals surface area contributed by atoms with Gasteiger partial charge in [-0.1, -0.05) is 83.9 Å². The van der Waals surface area contributed by atoms with Crippen molar-refractivity contribution in [3.8, 4) is 0 Å². The molecule has 4 nitrogen and oxygen atoms in total. The largest absolute Gasteiger partial charge is 0.507 e. The minimum atomic E-state index is -0.853. The smallest absolute Gasteiger partial charge is 0.300 e. The van der Waals surface area contributed by atoms with Crippen LogP contribution in [-0.2, 0) is 9.59 Å². The van der Waals surface area contributed by atoms with E-state index in [1.165, 1.54) is 4.90 Å². The number of halogens is 2. The van der Waals surface area contributed by atoms with Gasteiger partial charge >= 0.3 is 0 Å². The van der Waals surface area contributed by atoms with Crippen molar-refractivity contribution in [1.82, 2.24) is 0 Å². The second-order valence-electron chi connectivity index (χ2n) is 7.73. The highest BCUT2D eigenvalue weighted by molar-refractivity contribution is 6.52. The molecule has 4 aromatic rings. The van der Waals surface area contributed by atoms with E-state index in [1.807, 2.05) is 42.5 Å². The number of hydrogen-bond donors (Lipinski definition) is 1. The number of Topliss-reactive ketones (excluding diaryl/α,β-unsaturated/α-hetero) is 1. The Hall–Kier alpha value is -3.60. The SMILES string of the molecule is O=C1C(=O)N(c2cccc(Cl)c2)C(c2cccc3ccccc23)/C1=C(/O)c1cccc(Cl)c1. The summed E-state index contributed by atoms with van der Waals surface area (Å²) in [6.45, 7) is 0. The first-order chi connectivity index (χ1) is 16.0. The Morgan fingerprint density at radius 1 is 0.788 bits per heavy atom. The molecule has 1 saturated heterocycles. The van der Waals surface area contributed by atoms with E-state index in [-0.39, 0.29) is 11.3 Å². The molecule has 1 aliphatic rings. The lowest BCUT2D eigenvalue weighted by molar-refractivity contribution is -0.132. The van der Waals surface area contributed by atoms with Crippen molar-refractivity contribution in [2.75, 3.05) is 4.90 Å². The second kappa shape index (κ2) is 8.39. The fraction of sp³-hybridized carbons (Fsp3) is 0.0370. The van der Waals surface area contributed by atoms with Crippen LogP contribution in [0.2, 0.25) is 10.0 Å². The van der Waals surface area contributed by atoms with Crippen molar-refractivity contribution in [3.05, 3.63) is 118 Å². The third-order valence-corrected chi connectivity index (χ3v) is 6.22. The zero-order chi connectivity index (χ0) is 23.1. The van der Waals surface area contributed by atoms with Crippen molar-refractivity contribution in [2.24, 2.45) is 0 Å². The maximum atomic E-state index is 13.3. The number of ketones is 1. The summed E-state index contributed by atoms with van der Waals surface area (Å²) in [5, 5.41) is 13.9. The Morgan fingerprint density at radius 2 is 1.45 bits per heavy atom. The minimum absolute atomic E-state index is 0.00130. The summed E-state index contributed by atoms with van der Waals surface area (Å²) in [5.41, 5.74) is 1.54. The van der Waals surface area contributed by atoms with Gasteiger partial charge < -0.3 is 5.11 Å². The molecule has 1 atom stereocenters. The van der Waals surface area contributed by atoms with Gasteiger partial charge in [-0.3, -0.25) is 14.5 Å². The van der Waals surface area contributed by atoms with Gasteiger partial charge in [-0.05, 0) is 46.7 Å². The van der Waals surface area contributed by atoms with Gasteiger partial charge in [-0.2, -0.15) is 0 Å². The van der Waals surface area contributed by atoms with Gasteiger partial charge in [0.2, 0.25) is 0 Å². The summed E-state index contributed by atoms with van der Waals surface area (Å²) in [4.78, 5) is 28.0. The number of hydrogen-bond acceptors (Lipinski definition) is 3. The van der Waals surface area contributed by atoms with E-state index >= 15 is 0 Å². The van der Waals surface area contributed by atoms with Gasteiger partial charge in [0.25, 0.3) is 11.7 Å². The molecule has 1 N–H and O–H groups in total. The van der Waals surface area contributed by atoms with Crippen LogP contribution in [0.15, 0.2) is 96.6 Å². The third-order valence-electron chi connectivity index (χ3n) is 5.75. The number of aliphatic hydroxyl groups is 1. The summed E-state index contributed by atoms with van der Waals surface area (Å²) in [6.07, 6.45) is 0. The van der Waals surface area contributed by atoms with Crippen molar-refractivity contribution < 1.29 is 14.7 Å². The van der Waals surface area contributed by atoms with Crippen LogP contribution in [0, 0.1) is 0 Å². The lowest BCUT2D eigenvalue weighted by atomic mass is 9.91. The number of carbonyl (C=O) groups is 2. The van der Waals surface area contributed by atoms with E-state index in [2.05, 4.69) is 0 Å². The summed E-state index contributed by atoms with van der Waals surface area (Å²) in [6, 6.07) is 25.9. The zero-order valence-corrected chi connectivity index (χ0v) is 18.7. The average Bonchev–Trinajstić information content (AvgIpc) is 3.08. The van der Waals surface area contributed by atoms with E-state index in [4.69, 9.17) is 23.2 Å². The number of benzene rings is 4. The molecule has 0 saturated carbocycles. The number of amides is 1. The molecule has 1 unspecified atom stereocenters. The monoisotopic (exact) mass is 473 g/mol. The number of anilines is 1. The van der Waals surface area contributed by atoms with E-state index < -0.39 is 17.7 Å². The maximum absolute atomic E-state index is 13.3. The number of aliphatic hydroxyl groups excluding tert-OH is 1. The number of rotatable bonds is 3. The summed E-state index contributed by atoms with van der Waals surface area (Å²) < 4.78 is 0. The quantitative estimate of drug-likeness (QED) is 0.203. The van der Waals surface area contributed by atoms with Crippen LogP contribution in [-0.4, -0.2) is 16.8 Å². The Balaban J connectivity index is 1.82. The highest BCUT2D eigenvalue weighted by atomic mass is 35.5. The molecule has 6 heteroatoms. The first-order valence-electron chi connectivity index (χ1n) is 10.3. The Labute approximate surface area is 200 Å². The normalized spacial score (nSPS) is 17.6. The molecule has 0 radical (unpaired) electrons. The van der Waals surface area contributed by atoms with Crippen LogP contribution in [0.1, 0.15) is 17.2 Å². The minimum Gasteiger partial charge on any atom is -0.507 e. The van der Waals surface area contributed by atoms with Crippen molar-refractivity contribution in [2.45, 2.75) is 6.04 Å². The first kappa shape index (κ1) is 21.3. The summed E-state index contributed by atoms with van der Waals surface area (Å²) >= 11 is 12.3. The van der Waals surface area contributed by atoms with E-state index in [1.54, 1.807) is 48.5 Å². The van der Waals surface area contributed by atoms with E-state index in [9.17, 15) is 14.7 Å². The van der Waals surface area contributed by atoms with Crippen molar-refractivity contribution in [1.29, 1.82) is 0 Å². The molecule has 1 amide bonds. The Morgan fingerprint density at radius 3 is 2.21 bits per heavy atom. The topological polar surface area (TPSA) is 57.6 Å². The van der Waals surface area contributed by atoms with E-state index in [0.29, 0.717) is 21.3 Å². The molecule has 1 heterocycles. The lowest BCUT2D eigenvalue weighted by Gasteiger charge is -2.26. The van der Waals surface area contributed by atoms with Crippen LogP contribution >= 0.6 is 23.2 Å². The number of carbonyl (C=O) groups excluding carboxylic acids is 2. The highest BCUT2D eigenvalue weighted by Gasteiger charge is 2.47. The fourth-order valence-corrected chi connectivity index (χ4v) is 4.67. The van der Waals surface area contributed by atoms with Gasteiger partial charge in [-0.15, -0.1) is 0 Å². The molecule has 5 rings (SSSR count). The Bertz CT molecular complexity index is 1460. The zero-order valence-electron chi connectivity index (χ0n) is 17.2. The molecule has 0 aromatic heterocycles.